The number of aromatic nitrogens is 1. The maximum Gasteiger partial charge on any atom is 0.152 e. The van der Waals surface area contributed by atoms with E-state index in [0.29, 0.717) is 5.56 Å². The van der Waals surface area contributed by atoms with Gasteiger partial charge in [0, 0.05) is 17.1 Å². The normalized spacial score (nSPS) is 10.7. The third kappa shape index (κ3) is 2.73. The number of fused-ring (bicyclic) bond motifs is 1. The number of carbonyl (C=O) groups excluding carboxylic acids is 1. The highest BCUT2D eigenvalue weighted by Crippen LogP contribution is 2.27. The van der Waals surface area contributed by atoms with Crippen molar-refractivity contribution in [1.29, 1.82) is 0 Å². The number of H-pyrrole nitrogens is 1. The van der Waals surface area contributed by atoms with Crippen molar-refractivity contribution in [1.82, 2.24) is 4.98 Å². The van der Waals surface area contributed by atoms with Crippen molar-refractivity contribution < 1.29 is 9.53 Å². The molecule has 0 fully saturated rings. The summed E-state index contributed by atoms with van der Waals surface area (Å²) >= 11 is 0. The molecule has 0 amide bonds. The van der Waals surface area contributed by atoms with E-state index in [1.165, 1.54) is 19.3 Å². The van der Waals surface area contributed by atoms with Crippen molar-refractivity contribution >= 4 is 17.2 Å². The topological polar surface area (TPSA) is 42.1 Å². The van der Waals surface area contributed by atoms with Crippen LogP contribution in [0.3, 0.4) is 0 Å². The second-order valence-electron chi connectivity index (χ2n) is 4.45. The Balaban J connectivity index is 2.05. The Morgan fingerprint density at radius 2 is 2.11 bits per heavy atom. The van der Waals surface area contributed by atoms with Gasteiger partial charge in [0.25, 0.3) is 0 Å². The van der Waals surface area contributed by atoms with E-state index in [0.717, 1.165) is 36.0 Å². The average molecular weight is 245 g/mol. The van der Waals surface area contributed by atoms with Crippen LogP contribution in [0.1, 0.15) is 43.0 Å². The molecule has 0 spiro atoms. The number of aldehydes is 1. The van der Waals surface area contributed by atoms with E-state index < -0.39 is 0 Å². The fourth-order valence-electron chi connectivity index (χ4n) is 2.09. The molecular formula is C15H19NO2. The molecule has 0 radical (unpaired) electrons. The molecule has 0 aliphatic heterocycles. The Labute approximate surface area is 107 Å². The lowest BCUT2D eigenvalue weighted by Crippen LogP contribution is -1.98. The molecule has 0 atom stereocenters. The van der Waals surface area contributed by atoms with Gasteiger partial charge in [-0.25, -0.2) is 0 Å². The Morgan fingerprint density at radius 3 is 2.89 bits per heavy atom. The monoisotopic (exact) mass is 245 g/mol. The fraction of sp³-hybridized carbons (Fsp3) is 0.400. The first kappa shape index (κ1) is 12.7. The number of benzene rings is 1. The van der Waals surface area contributed by atoms with E-state index >= 15 is 0 Å². The van der Waals surface area contributed by atoms with Crippen molar-refractivity contribution in [3.8, 4) is 5.75 Å². The molecule has 0 saturated carbocycles. The first-order valence-corrected chi connectivity index (χ1v) is 6.55. The zero-order valence-corrected chi connectivity index (χ0v) is 10.7. The van der Waals surface area contributed by atoms with Crippen LogP contribution in [0.5, 0.6) is 5.75 Å². The van der Waals surface area contributed by atoms with Gasteiger partial charge < -0.3 is 9.72 Å². The van der Waals surface area contributed by atoms with Gasteiger partial charge in [0.2, 0.25) is 0 Å². The van der Waals surface area contributed by atoms with Gasteiger partial charge >= 0.3 is 0 Å². The maximum atomic E-state index is 10.9. The summed E-state index contributed by atoms with van der Waals surface area (Å²) in [5, 5.41) is 0.982. The fourth-order valence-corrected chi connectivity index (χ4v) is 2.09. The lowest BCUT2D eigenvalue weighted by atomic mass is 10.1. The molecule has 2 aromatic rings. The highest BCUT2D eigenvalue weighted by Gasteiger charge is 2.07. The van der Waals surface area contributed by atoms with Crippen LogP contribution in [0.2, 0.25) is 0 Å². The van der Waals surface area contributed by atoms with Gasteiger partial charge in [0.1, 0.15) is 5.75 Å². The highest BCUT2D eigenvalue weighted by atomic mass is 16.5. The largest absolute Gasteiger partial charge is 0.493 e. The van der Waals surface area contributed by atoms with Crippen LogP contribution in [-0.4, -0.2) is 17.9 Å². The van der Waals surface area contributed by atoms with Gasteiger partial charge in [-0.05, 0) is 24.6 Å². The van der Waals surface area contributed by atoms with Crippen molar-refractivity contribution in [3.63, 3.8) is 0 Å². The first-order valence-electron chi connectivity index (χ1n) is 6.55. The van der Waals surface area contributed by atoms with Crippen molar-refractivity contribution in [3.05, 3.63) is 30.0 Å². The second-order valence-corrected chi connectivity index (χ2v) is 4.45. The Bertz CT molecular complexity index is 516. The van der Waals surface area contributed by atoms with Crippen LogP contribution in [0, 0.1) is 0 Å². The summed E-state index contributed by atoms with van der Waals surface area (Å²) in [6.45, 7) is 2.93. The average Bonchev–Trinajstić information content (AvgIpc) is 2.88. The molecule has 3 nitrogen and oxygen atoms in total. The Morgan fingerprint density at radius 1 is 1.22 bits per heavy atom. The van der Waals surface area contributed by atoms with Crippen LogP contribution in [0.4, 0.5) is 0 Å². The molecule has 0 bridgehead atoms. The van der Waals surface area contributed by atoms with Gasteiger partial charge in [-0.2, -0.15) is 0 Å². The van der Waals surface area contributed by atoms with E-state index in [2.05, 4.69) is 11.9 Å². The standard InChI is InChI=1S/C15H19NO2/c1-2-3-4-5-10-18-14-7-6-12(11-17)15-13(14)8-9-16-15/h6-9,11,16H,2-5,10H2,1H3. The number of aromatic amines is 1. The predicted octanol–water partition coefficient (Wildman–Crippen LogP) is 3.94. The van der Waals surface area contributed by atoms with E-state index in [1.54, 1.807) is 6.07 Å². The third-order valence-corrected chi connectivity index (χ3v) is 3.10. The second kappa shape index (κ2) is 6.24. The third-order valence-electron chi connectivity index (χ3n) is 3.10. The quantitative estimate of drug-likeness (QED) is 0.593. The highest BCUT2D eigenvalue weighted by molar-refractivity contribution is 5.98. The summed E-state index contributed by atoms with van der Waals surface area (Å²) < 4.78 is 5.79. The first-order chi connectivity index (χ1) is 8.86. The van der Waals surface area contributed by atoms with E-state index in [4.69, 9.17) is 4.74 Å². The summed E-state index contributed by atoms with van der Waals surface area (Å²) in [7, 11) is 0. The van der Waals surface area contributed by atoms with Crippen LogP contribution in [-0.2, 0) is 0 Å². The number of rotatable bonds is 7. The minimum absolute atomic E-state index is 0.674. The summed E-state index contributed by atoms with van der Waals surface area (Å²) in [6, 6.07) is 5.62. The molecule has 96 valence electrons. The number of unbranched alkanes of at least 4 members (excludes halogenated alkanes) is 3. The number of carbonyl (C=O) groups is 1. The SMILES string of the molecule is CCCCCCOc1ccc(C=O)c2[nH]ccc12. The molecular weight excluding hydrogens is 226 g/mol. The molecule has 1 N–H and O–H groups in total. The summed E-state index contributed by atoms with van der Waals surface area (Å²) in [5.41, 5.74) is 1.53. The van der Waals surface area contributed by atoms with Gasteiger partial charge in [-0.3, -0.25) is 4.79 Å². The summed E-state index contributed by atoms with van der Waals surface area (Å²) in [5.74, 6) is 0.855. The van der Waals surface area contributed by atoms with E-state index in [-0.39, 0.29) is 0 Å². The number of hydrogen-bond acceptors (Lipinski definition) is 2. The number of hydrogen-bond donors (Lipinski definition) is 1. The lowest BCUT2D eigenvalue weighted by molar-refractivity contribution is 0.112. The van der Waals surface area contributed by atoms with Crippen LogP contribution < -0.4 is 4.74 Å². The van der Waals surface area contributed by atoms with Gasteiger partial charge in [-0.15, -0.1) is 0 Å². The van der Waals surface area contributed by atoms with E-state index in [1.807, 2.05) is 18.3 Å². The zero-order valence-electron chi connectivity index (χ0n) is 10.7. The molecule has 1 heterocycles. The van der Waals surface area contributed by atoms with Gasteiger partial charge in [0.15, 0.2) is 6.29 Å². The zero-order chi connectivity index (χ0) is 12.8. The van der Waals surface area contributed by atoms with Crippen molar-refractivity contribution in [2.45, 2.75) is 32.6 Å². The number of ether oxygens (including phenoxy) is 1. The number of nitrogens with one attached hydrogen (secondary N) is 1. The Hall–Kier alpha value is -1.77. The molecule has 18 heavy (non-hydrogen) atoms. The molecule has 1 aromatic carbocycles. The molecule has 0 aliphatic carbocycles. The minimum Gasteiger partial charge on any atom is -0.493 e. The molecule has 0 aliphatic rings. The maximum absolute atomic E-state index is 10.9. The van der Waals surface area contributed by atoms with E-state index in [9.17, 15) is 4.79 Å². The minimum atomic E-state index is 0.674. The van der Waals surface area contributed by atoms with Gasteiger partial charge in [-0.1, -0.05) is 26.2 Å². The van der Waals surface area contributed by atoms with Crippen LogP contribution in [0.25, 0.3) is 10.9 Å². The molecule has 0 saturated heterocycles. The van der Waals surface area contributed by atoms with Gasteiger partial charge in [0.05, 0.1) is 12.1 Å². The van der Waals surface area contributed by atoms with Crippen LogP contribution in [0.15, 0.2) is 24.4 Å². The Kier molecular flexibility index (Phi) is 4.40. The smallest absolute Gasteiger partial charge is 0.152 e. The summed E-state index contributed by atoms with van der Waals surface area (Å²) in [6.07, 6.45) is 7.48. The van der Waals surface area contributed by atoms with Crippen molar-refractivity contribution in [2.75, 3.05) is 6.61 Å². The molecule has 2 rings (SSSR count). The lowest BCUT2D eigenvalue weighted by Gasteiger charge is -2.08. The molecule has 3 heteroatoms. The molecule has 0 unspecified atom stereocenters. The molecule has 1 aromatic heterocycles. The van der Waals surface area contributed by atoms with Crippen LogP contribution >= 0.6 is 0 Å². The summed E-state index contributed by atoms with van der Waals surface area (Å²) in [4.78, 5) is 14.0. The van der Waals surface area contributed by atoms with Crippen molar-refractivity contribution in [2.24, 2.45) is 0 Å². The predicted molar refractivity (Wildman–Crippen MR) is 73.3 cm³/mol.